The number of benzene rings is 2. The molecule has 0 radical (unpaired) electrons. The van der Waals surface area contributed by atoms with Gasteiger partial charge in [-0.15, -0.1) is 0 Å². The lowest BCUT2D eigenvalue weighted by atomic mass is 10.1. The summed E-state index contributed by atoms with van der Waals surface area (Å²) >= 11 is 0. The topological polar surface area (TPSA) is 53.0 Å². The van der Waals surface area contributed by atoms with Crippen molar-refractivity contribution >= 4 is 23.9 Å². The van der Waals surface area contributed by atoms with Crippen molar-refractivity contribution in [1.82, 2.24) is 0 Å². The van der Waals surface area contributed by atoms with E-state index in [2.05, 4.69) is 5.32 Å². The van der Waals surface area contributed by atoms with Crippen LogP contribution < -0.4 is 5.32 Å². The van der Waals surface area contributed by atoms with Crippen LogP contribution in [0.25, 0.3) is 0 Å². The fourth-order valence-electron chi connectivity index (χ4n) is 1.56. The van der Waals surface area contributed by atoms with Crippen LogP contribution in [0.2, 0.25) is 0 Å². The summed E-state index contributed by atoms with van der Waals surface area (Å²) in [6.45, 7) is 0. The van der Waals surface area contributed by atoms with Crippen molar-refractivity contribution < 1.29 is 4.79 Å². The van der Waals surface area contributed by atoms with E-state index in [0.717, 1.165) is 17.7 Å². The first-order valence-electron chi connectivity index (χ1n) is 5.25. The van der Waals surface area contributed by atoms with Gasteiger partial charge in [-0.2, -0.15) is 0 Å². The largest absolute Gasteiger partial charge is 0.355 e. The van der Waals surface area contributed by atoms with Gasteiger partial charge in [0.1, 0.15) is 6.29 Å². The number of para-hydroxylation sites is 1. The molecule has 0 spiro atoms. The third-order valence-electron chi connectivity index (χ3n) is 2.42. The highest BCUT2D eigenvalue weighted by Crippen LogP contribution is 2.20. The Bertz CT molecular complexity index is 535. The van der Waals surface area contributed by atoms with Crippen molar-refractivity contribution in [3.05, 3.63) is 59.7 Å². The van der Waals surface area contributed by atoms with E-state index in [1.165, 1.54) is 6.21 Å². The van der Waals surface area contributed by atoms with Gasteiger partial charge in [0.2, 0.25) is 0 Å². The Morgan fingerprint density at radius 2 is 1.82 bits per heavy atom. The van der Waals surface area contributed by atoms with E-state index in [0.29, 0.717) is 11.1 Å². The first-order chi connectivity index (χ1) is 8.33. The molecule has 3 heteroatoms. The highest BCUT2D eigenvalue weighted by Gasteiger charge is 2.01. The molecule has 0 amide bonds. The average molecular weight is 224 g/mol. The monoisotopic (exact) mass is 224 g/mol. The predicted molar refractivity (Wildman–Crippen MR) is 69.4 cm³/mol. The van der Waals surface area contributed by atoms with Crippen molar-refractivity contribution in [1.29, 1.82) is 5.41 Å². The Balaban J connectivity index is 2.33. The SMILES string of the molecule is N=Cc1cc(C=O)ccc1Nc1ccccc1. The summed E-state index contributed by atoms with van der Waals surface area (Å²) in [6, 6.07) is 14.9. The number of hydrogen-bond acceptors (Lipinski definition) is 3. The van der Waals surface area contributed by atoms with Crippen LogP contribution in [0.4, 0.5) is 11.4 Å². The number of nitrogens with one attached hydrogen (secondary N) is 2. The van der Waals surface area contributed by atoms with E-state index in [9.17, 15) is 4.79 Å². The molecule has 2 rings (SSSR count). The summed E-state index contributed by atoms with van der Waals surface area (Å²) in [7, 11) is 0. The summed E-state index contributed by atoms with van der Waals surface area (Å²) < 4.78 is 0. The number of hydrogen-bond donors (Lipinski definition) is 2. The minimum absolute atomic E-state index is 0.571. The van der Waals surface area contributed by atoms with Crippen LogP contribution in [0.5, 0.6) is 0 Å². The summed E-state index contributed by atoms with van der Waals surface area (Å²) in [5.74, 6) is 0. The first kappa shape index (κ1) is 11.1. The van der Waals surface area contributed by atoms with E-state index in [4.69, 9.17) is 5.41 Å². The molecule has 17 heavy (non-hydrogen) atoms. The molecule has 0 aliphatic heterocycles. The van der Waals surface area contributed by atoms with Gasteiger partial charge in [-0.3, -0.25) is 4.79 Å². The smallest absolute Gasteiger partial charge is 0.150 e. The van der Waals surface area contributed by atoms with E-state index in [-0.39, 0.29) is 0 Å². The van der Waals surface area contributed by atoms with Gasteiger partial charge < -0.3 is 10.7 Å². The highest BCUT2D eigenvalue weighted by molar-refractivity contribution is 5.90. The molecule has 0 bridgehead atoms. The Morgan fingerprint density at radius 3 is 2.47 bits per heavy atom. The molecule has 2 aromatic rings. The molecule has 0 atom stereocenters. The van der Waals surface area contributed by atoms with Crippen molar-refractivity contribution in [2.24, 2.45) is 0 Å². The lowest BCUT2D eigenvalue weighted by Gasteiger charge is -2.09. The molecule has 0 aliphatic carbocycles. The minimum Gasteiger partial charge on any atom is -0.355 e. The van der Waals surface area contributed by atoms with E-state index < -0.39 is 0 Å². The zero-order valence-corrected chi connectivity index (χ0v) is 9.18. The standard InChI is InChI=1S/C14H12N2O/c15-9-12-8-11(10-17)6-7-14(12)16-13-4-2-1-3-5-13/h1-10,15-16H. The van der Waals surface area contributed by atoms with Crippen molar-refractivity contribution in [2.45, 2.75) is 0 Å². The van der Waals surface area contributed by atoms with Gasteiger partial charge in [-0.05, 0) is 30.3 Å². The second-order valence-electron chi connectivity index (χ2n) is 3.60. The van der Waals surface area contributed by atoms with Gasteiger partial charge in [0.05, 0.1) is 0 Å². The maximum Gasteiger partial charge on any atom is 0.150 e. The third-order valence-corrected chi connectivity index (χ3v) is 2.42. The van der Waals surface area contributed by atoms with Crippen molar-refractivity contribution in [3.63, 3.8) is 0 Å². The van der Waals surface area contributed by atoms with Crippen LogP contribution in [0.15, 0.2) is 48.5 Å². The normalized spacial score (nSPS) is 9.65. The molecule has 0 aromatic heterocycles. The molecule has 2 aromatic carbocycles. The number of rotatable bonds is 4. The van der Waals surface area contributed by atoms with Crippen molar-refractivity contribution in [3.8, 4) is 0 Å². The zero-order chi connectivity index (χ0) is 12.1. The zero-order valence-electron chi connectivity index (χ0n) is 9.18. The second kappa shape index (κ2) is 5.07. The maximum absolute atomic E-state index is 10.6. The highest BCUT2D eigenvalue weighted by atomic mass is 16.1. The van der Waals surface area contributed by atoms with E-state index in [1.807, 2.05) is 30.3 Å². The van der Waals surface area contributed by atoms with Crippen LogP contribution in [-0.4, -0.2) is 12.5 Å². The van der Waals surface area contributed by atoms with E-state index in [1.54, 1.807) is 18.2 Å². The van der Waals surface area contributed by atoms with Gasteiger partial charge in [0, 0.05) is 28.7 Å². The molecule has 3 nitrogen and oxygen atoms in total. The van der Waals surface area contributed by atoms with Gasteiger partial charge >= 0.3 is 0 Å². The average Bonchev–Trinajstić information content (AvgIpc) is 2.40. The van der Waals surface area contributed by atoms with Gasteiger partial charge in [-0.1, -0.05) is 18.2 Å². The quantitative estimate of drug-likeness (QED) is 0.618. The van der Waals surface area contributed by atoms with Gasteiger partial charge in [0.25, 0.3) is 0 Å². The molecule has 0 saturated heterocycles. The van der Waals surface area contributed by atoms with Crippen LogP contribution in [-0.2, 0) is 0 Å². The van der Waals surface area contributed by atoms with Crippen LogP contribution >= 0.6 is 0 Å². The number of carbonyl (C=O) groups is 1. The second-order valence-corrected chi connectivity index (χ2v) is 3.60. The van der Waals surface area contributed by atoms with Crippen LogP contribution in [0.1, 0.15) is 15.9 Å². The molecule has 0 heterocycles. The van der Waals surface area contributed by atoms with Gasteiger partial charge in [-0.25, -0.2) is 0 Å². The number of aldehydes is 1. The van der Waals surface area contributed by atoms with Crippen LogP contribution in [0.3, 0.4) is 0 Å². The summed E-state index contributed by atoms with van der Waals surface area (Å²) in [5, 5.41) is 10.5. The number of anilines is 2. The lowest BCUT2D eigenvalue weighted by Crippen LogP contribution is -1.96. The Labute approximate surface area is 99.6 Å². The fourth-order valence-corrected chi connectivity index (χ4v) is 1.56. The predicted octanol–water partition coefficient (Wildman–Crippen LogP) is 3.24. The van der Waals surface area contributed by atoms with Gasteiger partial charge in [0.15, 0.2) is 0 Å². The van der Waals surface area contributed by atoms with E-state index >= 15 is 0 Å². The Kier molecular flexibility index (Phi) is 3.31. The molecule has 84 valence electrons. The molecule has 2 N–H and O–H groups in total. The summed E-state index contributed by atoms with van der Waals surface area (Å²) in [6.07, 6.45) is 2.01. The Hall–Kier alpha value is -2.42. The maximum atomic E-state index is 10.6. The summed E-state index contributed by atoms with van der Waals surface area (Å²) in [4.78, 5) is 10.6. The fraction of sp³-hybridized carbons (Fsp3) is 0. The lowest BCUT2D eigenvalue weighted by molar-refractivity contribution is 0.112. The summed E-state index contributed by atoms with van der Waals surface area (Å²) in [5.41, 5.74) is 3.03. The molecule has 0 saturated carbocycles. The molecular weight excluding hydrogens is 212 g/mol. The molecule has 0 fully saturated rings. The third kappa shape index (κ3) is 2.58. The van der Waals surface area contributed by atoms with Crippen molar-refractivity contribution in [2.75, 3.05) is 5.32 Å². The first-order valence-corrected chi connectivity index (χ1v) is 5.25. The minimum atomic E-state index is 0.571. The number of carbonyl (C=O) groups excluding carboxylic acids is 1. The molecular formula is C14H12N2O. The Morgan fingerprint density at radius 1 is 1.06 bits per heavy atom. The van der Waals surface area contributed by atoms with Crippen LogP contribution in [0, 0.1) is 5.41 Å². The molecule has 0 aliphatic rings. The molecule has 0 unspecified atom stereocenters.